The van der Waals surface area contributed by atoms with Crippen molar-refractivity contribution >= 4 is 11.9 Å². The molecular formula is C33H63N5O5. The molecule has 5 aliphatic rings. The number of likely N-dealkylation sites (tertiary alicyclic amines) is 3. The van der Waals surface area contributed by atoms with Gasteiger partial charge in [-0.25, -0.2) is 4.79 Å². The van der Waals surface area contributed by atoms with Gasteiger partial charge < -0.3 is 30.5 Å². The maximum atomic E-state index is 11.7. The maximum absolute atomic E-state index is 11.7. The molecule has 0 bridgehead atoms. The number of hydrogen-bond donors (Lipinski definition) is 4. The smallest absolute Gasteiger partial charge is 0.410 e. The van der Waals surface area contributed by atoms with Gasteiger partial charge in [0.2, 0.25) is 0 Å². The summed E-state index contributed by atoms with van der Waals surface area (Å²) in [5.74, 6) is 1.63. The Morgan fingerprint density at radius 1 is 0.837 bits per heavy atom. The van der Waals surface area contributed by atoms with E-state index in [1.807, 2.05) is 27.7 Å². The molecule has 5 heterocycles. The third-order valence-electron chi connectivity index (χ3n) is 9.92. The molecular weight excluding hydrogens is 546 g/mol. The van der Waals surface area contributed by atoms with Gasteiger partial charge in [-0.1, -0.05) is 20.8 Å². The Morgan fingerprint density at radius 2 is 1.33 bits per heavy atom. The molecule has 1 amide bonds. The Balaban J connectivity index is 0.000000177. The van der Waals surface area contributed by atoms with E-state index in [-0.39, 0.29) is 17.8 Å². The lowest BCUT2D eigenvalue weighted by atomic mass is 9.93. The Bertz CT molecular complexity index is 814. The predicted molar refractivity (Wildman–Crippen MR) is 171 cm³/mol. The van der Waals surface area contributed by atoms with Crippen molar-refractivity contribution in [2.24, 2.45) is 17.8 Å². The molecule has 0 aromatic carbocycles. The number of piperidine rings is 3. The number of amides is 1. The maximum Gasteiger partial charge on any atom is 0.410 e. The summed E-state index contributed by atoms with van der Waals surface area (Å²) in [7, 11) is 0. The zero-order chi connectivity index (χ0) is 31.6. The molecule has 4 N–H and O–H groups in total. The lowest BCUT2D eigenvalue weighted by molar-refractivity contribution is -0.125. The van der Waals surface area contributed by atoms with Gasteiger partial charge in [0.25, 0.3) is 0 Å². The number of ketones is 1. The summed E-state index contributed by atoms with van der Waals surface area (Å²) >= 11 is 0. The first-order chi connectivity index (χ1) is 20.4. The molecule has 0 aromatic rings. The number of aliphatic hydroxyl groups excluding tert-OH is 2. The van der Waals surface area contributed by atoms with Crippen LogP contribution < -0.4 is 10.6 Å². The summed E-state index contributed by atoms with van der Waals surface area (Å²) < 4.78 is 5.24. The fraction of sp³-hybridized carbons (Fsp3) is 0.939. The molecule has 5 fully saturated rings. The third kappa shape index (κ3) is 10.9. The van der Waals surface area contributed by atoms with Crippen molar-refractivity contribution in [1.82, 2.24) is 25.3 Å². The number of rotatable bonds is 4. The van der Waals surface area contributed by atoms with E-state index in [1.54, 1.807) is 4.90 Å². The fourth-order valence-corrected chi connectivity index (χ4v) is 7.47. The highest BCUT2D eigenvalue weighted by atomic mass is 16.6. The largest absolute Gasteiger partial charge is 0.444 e. The van der Waals surface area contributed by atoms with Crippen LogP contribution in [-0.4, -0.2) is 132 Å². The van der Waals surface area contributed by atoms with Crippen LogP contribution in [0.25, 0.3) is 0 Å². The predicted octanol–water partition coefficient (Wildman–Crippen LogP) is 2.71. The first-order valence-electron chi connectivity index (χ1n) is 17.1. The van der Waals surface area contributed by atoms with E-state index in [9.17, 15) is 19.8 Å². The number of carbonyl (C=O) groups is 2. The highest BCUT2D eigenvalue weighted by Gasteiger charge is 2.35. The van der Waals surface area contributed by atoms with E-state index in [0.29, 0.717) is 56.9 Å². The highest BCUT2D eigenvalue weighted by Crippen LogP contribution is 2.28. The molecule has 0 aromatic heterocycles. The second kappa shape index (κ2) is 17.4. The minimum Gasteiger partial charge on any atom is -0.444 e. The van der Waals surface area contributed by atoms with Crippen LogP contribution >= 0.6 is 0 Å². The van der Waals surface area contributed by atoms with Crippen molar-refractivity contribution in [3.05, 3.63) is 0 Å². The third-order valence-corrected chi connectivity index (χ3v) is 9.92. The van der Waals surface area contributed by atoms with Gasteiger partial charge in [0.1, 0.15) is 11.4 Å². The van der Waals surface area contributed by atoms with Crippen LogP contribution in [0.15, 0.2) is 0 Å². The Labute approximate surface area is 261 Å². The van der Waals surface area contributed by atoms with Crippen LogP contribution in [-0.2, 0) is 9.53 Å². The van der Waals surface area contributed by atoms with Crippen LogP contribution in [0, 0.1) is 17.8 Å². The van der Waals surface area contributed by atoms with Crippen molar-refractivity contribution < 1.29 is 24.5 Å². The second-order valence-electron chi connectivity index (χ2n) is 14.6. The molecule has 250 valence electrons. The Morgan fingerprint density at radius 3 is 1.72 bits per heavy atom. The summed E-state index contributed by atoms with van der Waals surface area (Å²) in [6.07, 6.45) is 7.53. The summed E-state index contributed by atoms with van der Waals surface area (Å²) in [5.41, 5.74) is -0.470. The molecule has 0 saturated carbocycles. The quantitative estimate of drug-likeness (QED) is 0.382. The van der Waals surface area contributed by atoms with Crippen molar-refractivity contribution in [3.63, 3.8) is 0 Å². The summed E-state index contributed by atoms with van der Waals surface area (Å²) in [5, 5.41) is 25.5. The summed E-state index contributed by atoms with van der Waals surface area (Å²) in [6, 6.07) is 2.30. The lowest BCUT2D eigenvalue weighted by Crippen LogP contribution is -2.51. The minimum absolute atomic E-state index is 0.0636. The number of aliphatic hydroxyl groups is 2. The van der Waals surface area contributed by atoms with E-state index in [4.69, 9.17) is 4.74 Å². The van der Waals surface area contributed by atoms with Crippen molar-refractivity contribution in [1.29, 1.82) is 0 Å². The molecule has 0 spiro atoms. The molecule has 0 aliphatic carbocycles. The van der Waals surface area contributed by atoms with Crippen LogP contribution in [0.5, 0.6) is 0 Å². The Hall–Kier alpha value is -1.30. The minimum atomic E-state index is -0.470. The molecule has 10 heteroatoms. The normalized spacial score (nSPS) is 34.2. The molecule has 0 radical (unpaired) electrons. The zero-order valence-electron chi connectivity index (χ0n) is 28.0. The molecule has 3 unspecified atom stereocenters. The van der Waals surface area contributed by atoms with E-state index in [1.165, 1.54) is 51.6 Å². The number of nitrogens with zero attached hydrogens (tertiary/aromatic N) is 3. The van der Waals surface area contributed by atoms with Crippen molar-refractivity contribution in [2.45, 2.75) is 116 Å². The van der Waals surface area contributed by atoms with Crippen LogP contribution in [0.3, 0.4) is 0 Å². The van der Waals surface area contributed by atoms with Crippen molar-refractivity contribution in [3.8, 4) is 0 Å². The number of Topliss-reactive ketones (excluding diaryl/α,β-unsaturated/α-hetero) is 1. The first-order valence-corrected chi connectivity index (χ1v) is 17.1. The zero-order valence-corrected chi connectivity index (χ0v) is 28.0. The number of hydrogen-bond acceptors (Lipinski definition) is 9. The van der Waals surface area contributed by atoms with Gasteiger partial charge in [-0.15, -0.1) is 0 Å². The topological polar surface area (TPSA) is 118 Å². The monoisotopic (exact) mass is 609 g/mol. The van der Waals surface area contributed by atoms with Crippen molar-refractivity contribution in [2.75, 3.05) is 65.6 Å². The van der Waals surface area contributed by atoms with Gasteiger partial charge >= 0.3 is 6.09 Å². The van der Waals surface area contributed by atoms with Crippen LogP contribution in [0.2, 0.25) is 0 Å². The molecule has 5 rings (SSSR count). The van der Waals surface area contributed by atoms with E-state index in [0.717, 1.165) is 38.0 Å². The Kier molecular flexibility index (Phi) is 14.6. The highest BCUT2D eigenvalue weighted by molar-refractivity contribution is 5.83. The molecule has 7 atom stereocenters. The number of carbonyl (C=O) groups excluding carboxylic acids is 2. The fourth-order valence-electron chi connectivity index (χ4n) is 7.47. The van der Waals surface area contributed by atoms with Gasteiger partial charge in [0.15, 0.2) is 0 Å². The van der Waals surface area contributed by atoms with E-state index in [2.05, 4.69) is 34.3 Å². The first kappa shape index (κ1) is 36.2. The van der Waals surface area contributed by atoms with E-state index < -0.39 is 5.60 Å². The molecule has 43 heavy (non-hydrogen) atoms. The molecule has 10 nitrogen and oxygen atoms in total. The van der Waals surface area contributed by atoms with Gasteiger partial charge in [0, 0.05) is 49.6 Å². The summed E-state index contributed by atoms with van der Waals surface area (Å²) in [4.78, 5) is 29.6. The van der Waals surface area contributed by atoms with Crippen LogP contribution in [0.1, 0.15) is 86.5 Å². The molecule has 5 saturated heterocycles. The van der Waals surface area contributed by atoms with E-state index >= 15 is 0 Å². The second-order valence-corrected chi connectivity index (χ2v) is 14.6. The van der Waals surface area contributed by atoms with Gasteiger partial charge in [-0.2, -0.15) is 0 Å². The average molecular weight is 610 g/mol. The molecule has 5 aliphatic heterocycles. The summed E-state index contributed by atoms with van der Waals surface area (Å²) in [6.45, 7) is 20.6. The van der Waals surface area contributed by atoms with Gasteiger partial charge in [-0.3, -0.25) is 14.6 Å². The SMILES string of the molecule is CC1CN(C(=O)OC(C)(C)C)CCC1=O.C[C@@H]1CNCCC1N1CCC[C@H]1CO.C[C@H]1CNCCC1N1CCC[C@H]1CO. The number of ether oxygens (including phenoxy) is 1. The standard InChI is InChI=1S/2C11H22N2O.C11H19NO3/c2*1-9-7-12-5-4-11(9)13-6-2-3-10(13)8-14;1-8-7-12(6-5-9(8)13)10(14)15-11(2,3)4/h2*9-12,14H,2-8H2,1H3;8H,5-7H2,1-4H3/t9-,10+,11?;9-,10-,11?;/m10./s1. The van der Waals surface area contributed by atoms with Crippen LogP contribution in [0.4, 0.5) is 4.79 Å². The lowest BCUT2D eigenvalue weighted by Gasteiger charge is -2.39. The number of nitrogens with one attached hydrogen (secondary N) is 2. The van der Waals surface area contributed by atoms with Gasteiger partial charge in [-0.05, 0) is 110 Å². The average Bonchev–Trinajstić information content (AvgIpc) is 3.64. The van der Waals surface area contributed by atoms with Gasteiger partial charge in [0.05, 0.1) is 13.2 Å².